The van der Waals surface area contributed by atoms with Crippen LogP contribution in [-0.2, 0) is 5.41 Å². The lowest BCUT2D eigenvalue weighted by molar-refractivity contribution is 0.500. The summed E-state index contributed by atoms with van der Waals surface area (Å²) >= 11 is 0. The largest absolute Gasteiger partial charge is 0.384 e. The summed E-state index contributed by atoms with van der Waals surface area (Å²) in [5.74, 6) is 0.130. The van der Waals surface area contributed by atoms with E-state index in [4.69, 9.17) is 5.73 Å². The molecule has 13 heavy (non-hydrogen) atoms. The van der Waals surface area contributed by atoms with E-state index in [-0.39, 0.29) is 11.2 Å². The van der Waals surface area contributed by atoms with Gasteiger partial charge in [0.25, 0.3) is 0 Å². The lowest BCUT2D eigenvalue weighted by Gasteiger charge is -2.19. The number of nitrogens with two attached hydrogens (primary N) is 1. The van der Waals surface area contributed by atoms with Gasteiger partial charge in [0, 0.05) is 5.41 Å². The average molecular weight is 182 g/mol. The summed E-state index contributed by atoms with van der Waals surface area (Å²) in [4.78, 5) is 4.01. The first-order chi connectivity index (χ1) is 5.82. The molecule has 0 aliphatic carbocycles. The van der Waals surface area contributed by atoms with Gasteiger partial charge in [-0.1, -0.05) is 20.8 Å². The Labute approximate surface area is 78.0 Å². The highest BCUT2D eigenvalue weighted by atomic mass is 19.1. The third-order valence-electron chi connectivity index (χ3n) is 1.87. The first kappa shape index (κ1) is 9.96. The van der Waals surface area contributed by atoms with Crippen molar-refractivity contribution in [1.29, 1.82) is 0 Å². The number of pyridine rings is 1. The summed E-state index contributed by atoms with van der Waals surface area (Å²) in [6.07, 6.45) is 0. The number of hydrogen-bond donors (Lipinski definition) is 1. The SMILES string of the molecule is Cc1cc(N)nc(C(C)(C)C)c1F. The molecule has 1 rings (SSSR count). The van der Waals surface area contributed by atoms with Crippen molar-refractivity contribution >= 4 is 5.82 Å². The summed E-state index contributed by atoms with van der Waals surface area (Å²) in [5, 5.41) is 0. The number of anilines is 1. The van der Waals surface area contributed by atoms with Crippen LogP contribution >= 0.6 is 0 Å². The lowest BCUT2D eigenvalue weighted by Crippen LogP contribution is -2.17. The van der Waals surface area contributed by atoms with E-state index >= 15 is 0 Å². The first-order valence-corrected chi connectivity index (χ1v) is 4.25. The molecule has 0 unspecified atom stereocenters. The molecule has 0 amide bonds. The number of nitrogen functional groups attached to an aromatic ring is 1. The number of halogens is 1. The maximum atomic E-state index is 13.6. The number of aryl methyl sites for hydroxylation is 1. The van der Waals surface area contributed by atoms with E-state index in [0.29, 0.717) is 17.1 Å². The lowest BCUT2D eigenvalue weighted by atomic mass is 9.90. The Bertz CT molecular complexity index is 326. The van der Waals surface area contributed by atoms with Crippen LogP contribution < -0.4 is 5.73 Å². The Hall–Kier alpha value is -1.12. The molecule has 0 fully saturated rings. The predicted octanol–water partition coefficient (Wildman–Crippen LogP) is 2.41. The zero-order valence-corrected chi connectivity index (χ0v) is 8.48. The standard InChI is InChI=1S/C10H15FN2/c1-6-5-7(12)13-9(8(6)11)10(2,3)4/h5H,1-4H3,(H2,12,13). The van der Waals surface area contributed by atoms with Gasteiger partial charge in [0.15, 0.2) is 0 Å². The maximum absolute atomic E-state index is 13.6. The molecular weight excluding hydrogens is 167 g/mol. The van der Waals surface area contributed by atoms with Crippen molar-refractivity contribution in [1.82, 2.24) is 4.98 Å². The van der Waals surface area contributed by atoms with E-state index in [1.165, 1.54) is 0 Å². The topological polar surface area (TPSA) is 38.9 Å². The maximum Gasteiger partial charge on any atom is 0.148 e. The zero-order chi connectivity index (χ0) is 10.2. The van der Waals surface area contributed by atoms with Crippen LogP contribution in [0.3, 0.4) is 0 Å². The summed E-state index contributed by atoms with van der Waals surface area (Å²) < 4.78 is 13.6. The van der Waals surface area contributed by atoms with Crippen LogP contribution in [0.1, 0.15) is 32.0 Å². The average Bonchev–Trinajstić information content (AvgIpc) is 1.94. The Morgan fingerprint density at radius 3 is 2.38 bits per heavy atom. The van der Waals surface area contributed by atoms with E-state index in [9.17, 15) is 4.39 Å². The molecule has 0 spiro atoms. The second-order valence-corrected chi connectivity index (χ2v) is 4.28. The van der Waals surface area contributed by atoms with Gasteiger partial charge in [0.2, 0.25) is 0 Å². The van der Waals surface area contributed by atoms with Crippen molar-refractivity contribution in [3.63, 3.8) is 0 Å². The molecule has 1 aromatic heterocycles. The van der Waals surface area contributed by atoms with Crippen LogP contribution in [0.2, 0.25) is 0 Å². The van der Waals surface area contributed by atoms with Crippen LogP contribution in [0.5, 0.6) is 0 Å². The smallest absolute Gasteiger partial charge is 0.148 e. The number of aromatic nitrogens is 1. The second kappa shape index (κ2) is 2.98. The van der Waals surface area contributed by atoms with Gasteiger partial charge in [0.1, 0.15) is 11.6 Å². The highest BCUT2D eigenvalue weighted by molar-refractivity contribution is 5.37. The van der Waals surface area contributed by atoms with Crippen LogP contribution in [0.4, 0.5) is 10.2 Å². The number of hydrogen-bond acceptors (Lipinski definition) is 2. The van der Waals surface area contributed by atoms with Gasteiger partial charge in [-0.3, -0.25) is 0 Å². The number of nitrogens with zero attached hydrogens (tertiary/aromatic N) is 1. The van der Waals surface area contributed by atoms with Gasteiger partial charge in [-0.15, -0.1) is 0 Å². The molecule has 0 bridgehead atoms. The Kier molecular flexibility index (Phi) is 2.28. The van der Waals surface area contributed by atoms with E-state index in [1.807, 2.05) is 20.8 Å². The Morgan fingerprint density at radius 1 is 1.38 bits per heavy atom. The summed E-state index contributed by atoms with van der Waals surface area (Å²) in [6.45, 7) is 7.44. The molecule has 72 valence electrons. The summed E-state index contributed by atoms with van der Waals surface area (Å²) in [6, 6.07) is 1.55. The molecule has 2 nitrogen and oxygen atoms in total. The van der Waals surface area contributed by atoms with Crippen LogP contribution in [-0.4, -0.2) is 4.98 Å². The highest BCUT2D eigenvalue weighted by Crippen LogP contribution is 2.25. The minimum Gasteiger partial charge on any atom is -0.384 e. The molecule has 1 aromatic rings. The first-order valence-electron chi connectivity index (χ1n) is 4.25. The normalized spacial score (nSPS) is 11.8. The van der Waals surface area contributed by atoms with E-state index in [1.54, 1.807) is 13.0 Å². The molecule has 3 heteroatoms. The molecular formula is C10H15FN2. The van der Waals surface area contributed by atoms with Crippen molar-refractivity contribution in [2.24, 2.45) is 0 Å². The van der Waals surface area contributed by atoms with Gasteiger partial charge in [-0.05, 0) is 18.6 Å². The molecule has 0 atom stereocenters. The van der Waals surface area contributed by atoms with Crippen molar-refractivity contribution < 1.29 is 4.39 Å². The van der Waals surface area contributed by atoms with Gasteiger partial charge in [0.05, 0.1) is 5.69 Å². The quantitative estimate of drug-likeness (QED) is 0.669. The predicted molar refractivity (Wildman–Crippen MR) is 52.0 cm³/mol. The Balaban J connectivity index is 3.37. The highest BCUT2D eigenvalue weighted by Gasteiger charge is 2.21. The van der Waals surface area contributed by atoms with E-state index in [2.05, 4.69) is 4.98 Å². The molecule has 0 aromatic carbocycles. The van der Waals surface area contributed by atoms with Crippen molar-refractivity contribution in [2.45, 2.75) is 33.1 Å². The fourth-order valence-corrected chi connectivity index (χ4v) is 1.18. The summed E-state index contributed by atoms with van der Waals surface area (Å²) in [7, 11) is 0. The molecule has 0 saturated heterocycles. The van der Waals surface area contributed by atoms with Crippen molar-refractivity contribution in [3.05, 3.63) is 23.1 Å². The monoisotopic (exact) mass is 182 g/mol. The van der Waals surface area contributed by atoms with Crippen LogP contribution in [0, 0.1) is 12.7 Å². The van der Waals surface area contributed by atoms with Crippen molar-refractivity contribution in [3.8, 4) is 0 Å². The molecule has 0 aliphatic heterocycles. The van der Waals surface area contributed by atoms with Gasteiger partial charge in [-0.25, -0.2) is 9.37 Å². The fraction of sp³-hybridized carbons (Fsp3) is 0.500. The molecule has 1 heterocycles. The number of rotatable bonds is 0. The third-order valence-corrected chi connectivity index (χ3v) is 1.87. The molecule has 0 aliphatic rings. The fourth-order valence-electron chi connectivity index (χ4n) is 1.18. The zero-order valence-electron chi connectivity index (χ0n) is 8.48. The molecule has 2 N–H and O–H groups in total. The van der Waals surface area contributed by atoms with Gasteiger partial charge < -0.3 is 5.73 Å². The van der Waals surface area contributed by atoms with Gasteiger partial charge in [-0.2, -0.15) is 0 Å². The van der Waals surface area contributed by atoms with Crippen LogP contribution in [0.15, 0.2) is 6.07 Å². The van der Waals surface area contributed by atoms with Gasteiger partial charge >= 0.3 is 0 Å². The minimum absolute atomic E-state index is 0.248. The van der Waals surface area contributed by atoms with E-state index in [0.717, 1.165) is 0 Å². The minimum atomic E-state index is -0.301. The second-order valence-electron chi connectivity index (χ2n) is 4.28. The van der Waals surface area contributed by atoms with E-state index < -0.39 is 0 Å². The molecule has 0 radical (unpaired) electrons. The summed E-state index contributed by atoms with van der Waals surface area (Å²) in [5.41, 5.74) is 6.23. The van der Waals surface area contributed by atoms with Crippen LogP contribution in [0.25, 0.3) is 0 Å². The Morgan fingerprint density at radius 2 is 1.92 bits per heavy atom. The third kappa shape index (κ3) is 1.97. The molecule has 0 saturated carbocycles. The van der Waals surface area contributed by atoms with Crippen molar-refractivity contribution in [2.75, 3.05) is 5.73 Å².